The predicted molar refractivity (Wildman–Crippen MR) is 115 cm³/mol. The van der Waals surface area contributed by atoms with Crippen LogP contribution in [0.4, 0.5) is 0 Å². The van der Waals surface area contributed by atoms with Gasteiger partial charge < -0.3 is 15.5 Å². The van der Waals surface area contributed by atoms with Gasteiger partial charge in [-0.2, -0.15) is 0 Å². The van der Waals surface area contributed by atoms with Gasteiger partial charge in [0.2, 0.25) is 5.91 Å². The summed E-state index contributed by atoms with van der Waals surface area (Å²) in [6.45, 7) is 4.44. The number of amides is 1. The van der Waals surface area contributed by atoms with Gasteiger partial charge in [-0.05, 0) is 74.6 Å². The molecule has 2 fully saturated rings. The van der Waals surface area contributed by atoms with E-state index in [1.807, 2.05) is 47.5 Å². The minimum atomic E-state index is -0.156. The molecule has 2 N–H and O–H groups in total. The van der Waals surface area contributed by atoms with Gasteiger partial charge in [0.1, 0.15) is 0 Å². The normalized spacial score (nSPS) is 20.3. The summed E-state index contributed by atoms with van der Waals surface area (Å²) in [6, 6.07) is 11.8. The van der Waals surface area contributed by atoms with Crippen molar-refractivity contribution in [3.05, 3.63) is 64.9 Å². The SMILES string of the molecule is NC(CCN1CCC2(CC1)CCN(Cc1cccnc1)C2=O)c1ccc(Cl)cc1. The molecule has 1 unspecified atom stereocenters. The number of piperidine rings is 1. The second-order valence-corrected chi connectivity index (χ2v) is 8.84. The van der Waals surface area contributed by atoms with E-state index in [-0.39, 0.29) is 11.5 Å². The highest BCUT2D eigenvalue weighted by Crippen LogP contribution is 2.42. The molecule has 6 heteroatoms. The summed E-state index contributed by atoms with van der Waals surface area (Å²) in [7, 11) is 0. The lowest BCUT2D eigenvalue weighted by Gasteiger charge is -2.38. The van der Waals surface area contributed by atoms with Crippen LogP contribution in [-0.4, -0.2) is 46.9 Å². The van der Waals surface area contributed by atoms with Gasteiger partial charge in [0, 0.05) is 36.5 Å². The second-order valence-electron chi connectivity index (χ2n) is 8.41. The number of hydrogen-bond donors (Lipinski definition) is 1. The smallest absolute Gasteiger partial charge is 0.229 e. The Kier molecular flexibility index (Phi) is 6.18. The maximum atomic E-state index is 13.1. The Morgan fingerprint density at radius 1 is 1.10 bits per heavy atom. The molecule has 0 radical (unpaired) electrons. The van der Waals surface area contributed by atoms with Gasteiger partial charge in [-0.25, -0.2) is 0 Å². The van der Waals surface area contributed by atoms with Crippen LogP contribution >= 0.6 is 11.6 Å². The minimum Gasteiger partial charge on any atom is -0.338 e. The third-order valence-corrected chi connectivity index (χ3v) is 6.82. The molecule has 1 atom stereocenters. The Morgan fingerprint density at radius 2 is 1.83 bits per heavy atom. The average molecular weight is 413 g/mol. The van der Waals surface area contributed by atoms with Gasteiger partial charge in [0.15, 0.2) is 0 Å². The van der Waals surface area contributed by atoms with Crippen LogP contribution in [0.25, 0.3) is 0 Å². The molecule has 154 valence electrons. The van der Waals surface area contributed by atoms with E-state index >= 15 is 0 Å². The second kappa shape index (κ2) is 8.82. The number of halogens is 1. The lowest BCUT2D eigenvalue weighted by molar-refractivity contribution is -0.138. The molecule has 0 saturated carbocycles. The highest BCUT2D eigenvalue weighted by molar-refractivity contribution is 6.30. The maximum Gasteiger partial charge on any atom is 0.229 e. The molecule has 5 nitrogen and oxygen atoms in total. The van der Waals surface area contributed by atoms with E-state index in [1.54, 1.807) is 6.20 Å². The van der Waals surface area contributed by atoms with Gasteiger partial charge in [-0.15, -0.1) is 0 Å². The zero-order valence-electron chi connectivity index (χ0n) is 16.8. The average Bonchev–Trinajstić information content (AvgIpc) is 3.04. The fourth-order valence-electron chi connectivity index (χ4n) is 4.62. The van der Waals surface area contributed by atoms with Crippen LogP contribution in [0.3, 0.4) is 0 Å². The molecule has 1 aromatic carbocycles. The quantitative estimate of drug-likeness (QED) is 0.786. The molecule has 29 heavy (non-hydrogen) atoms. The number of hydrogen-bond acceptors (Lipinski definition) is 4. The van der Waals surface area contributed by atoms with Crippen molar-refractivity contribution in [3.63, 3.8) is 0 Å². The molecule has 0 aliphatic carbocycles. The molecule has 2 aliphatic rings. The standard InChI is InChI=1S/C23H29ClN4O/c24-20-5-3-19(4-6-20)21(25)7-12-27-13-8-23(9-14-27)10-15-28(22(23)29)17-18-2-1-11-26-16-18/h1-6,11,16,21H,7-10,12-15,17,25H2. The number of aromatic nitrogens is 1. The molecule has 0 bridgehead atoms. The van der Waals surface area contributed by atoms with Gasteiger partial charge in [0.25, 0.3) is 0 Å². The number of carbonyl (C=O) groups is 1. The van der Waals surface area contributed by atoms with Gasteiger partial charge in [-0.3, -0.25) is 9.78 Å². The number of pyridine rings is 1. The molecule has 2 saturated heterocycles. The van der Waals surface area contributed by atoms with Gasteiger partial charge >= 0.3 is 0 Å². The van der Waals surface area contributed by atoms with Crippen molar-refractivity contribution in [2.75, 3.05) is 26.2 Å². The minimum absolute atomic E-state index is 0.0197. The number of carbonyl (C=O) groups excluding carboxylic acids is 1. The first kappa shape index (κ1) is 20.3. The van der Waals surface area contributed by atoms with Crippen LogP contribution in [0.5, 0.6) is 0 Å². The van der Waals surface area contributed by atoms with Crippen molar-refractivity contribution in [1.29, 1.82) is 0 Å². The van der Waals surface area contributed by atoms with Crippen LogP contribution in [0, 0.1) is 5.41 Å². The Labute approximate surface area is 177 Å². The Balaban J connectivity index is 1.26. The number of rotatable bonds is 6. The van der Waals surface area contributed by atoms with E-state index < -0.39 is 0 Å². The first-order chi connectivity index (χ1) is 14.1. The monoisotopic (exact) mass is 412 g/mol. The highest BCUT2D eigenvalue weighted by atomic mass is 35.5. The van der Waals surface area contributed by atoms with Crippen molar-refractivity contribution in [2.45, 2.75) is 38.3 Å². The van der Waals surface area contributed by atoms with E-state index in [0.717, 1.165) is 68.0 Å². The summed E-state index contributed by atoms with van der Waals surface area (Å²) in [5, 5.41) is 0.737. The van der Waals surface area contributed by atoms with Crippen molar-refractivity contribution in [1.82, 2.24) is 14.8 Å². The topological polar surface area (TPSA) is 62.5 Å². The van der Waals surface area contributed by atoms with E-state index in [1.165, 1.54) is 0 Å². The molecule has 2 aliphatic heterocycles. The van der Waals surface area contributed by atoms with E-state index in [9.17, 15) is 4.79 Å². The third kappa shape index (κ3) is 4.63. The Hall–Kier alpha value is -1.95. The Morgan fingerprint density at radius 3 is 2.52 bits per heavy atom. The van der Waals surface area contributed by atoms with Crippen LogP contribution < -0.4 is 5.73 Å². The summed E-state index contributed by atoms with van der Waals surface area (Å²) in [5.41, 5.74) is 8.43. The first-order valence-electron chi connectivity index (χ1n) is 10.5. The molecular formula is C23H29ClN4O. The molecule has 1 aromatic heterocycles. The zero-order valence-corrected chi connectivity index (χ0v) is 17.5. The fourth-order valence-corrected chi connectivity index (χ4v) is 4.75. The Bertz CT molecular complexity index is 819. The molecule has 1 spiro atoms. The van der Waals surface area contributed by atoms with Crippen LogP contribution in [0.2, 0.25) is 5.02 Å². The summed E-state index contributed by atoms with van der Waals surface area (Å²) in [6.07, 6.45) is 7.41. The van der Waals surface area contributed by atoms with Crippen molar-refractivity contribution < 1.29 is 4.79 Å². The molecule has 4 rings (SSSR count). The highest BCUT2D eigenvalue weighted by Gasteiger charge is 2.47. The van der Waals surface area contributed by atoms with Crippen molar-refractivity contribution >= 4 is 17.5 Å². The number of likely N-dealkylation sites (tertiary alicyclic amines) is 2. The molecule has 3 heterocycles. The van der Waals surface area contributed by atoms with Crippen LogP contribution in [0.1, 0.15) is 42.9 Å². The molecule has 1 amide bonds. The van der Waals surface area contributed by atoms with Crippen molar-refractivity contribution in [3.8, 4) is 0 Å². The predicted octanol–water partition coefficient (Wildman–Crippen LogP) is 3.64. The number of benzene rings is 1. The van der Waals surface area contributed by atoms with E-state index in [4.69, 9.17) is 17.3 Å². The zero-order chi connectivity index (χ0) is 20.3. The molecular weight excluding hydrogens is 384 g/mol. The number of nitrogens with two attached hydrogens (primary N) is 1. The third-order valence-electron chi connectivity index (χ3n) is 6.57. The van der Waals surface area contributed by atoms with Gasteiger partial charge in [-0.1, -0.05) is 29.8 Å². The largest absolute Gasteiger partial charge is 0.338 e. The molecule has 2 aromatic rings. The first-order valence-corrected chi connectivity index (χ1v) is 10.9. The van der Waals surface area contributed by atoms with E-state index in [2.05, 4.69) is 9.88 Å². The fraction of sp³-hybridized carbons (Fsp3) is 0.478. The van der Waals surface area contributed by atoms with Crippen molar-refractivity contribution in [2.24, 2.45) is 11.1 Å². The van der Waals surface area contributed by atoms with Gasteiger partial charge in [0.05, 0.1) is 5.41 Å². The van der Waals surface area contributed by atoms with Crippen LogP contribution in [0.15, 0.2) is 48.8 Å². The number of nitrogens with zero attached hydrogens (tertiary/aromatic N) is 3. The van der Waals surface area contributed by atoms with E-state index in [0.29, 0.717) is 12.5 Å². The lowest BCUT2D eigenvalue weighted by Crippen LogP contribution is -2.45. The maximum absolute atomic E-state index is 13.1. The summed E-state index contributed by atoms with van der Waals surface area (Å²) >= 11 is 5.96. The van der Waals surface area contributed by atoms with Crippen LogP contribution in [-0.2, 0) is 11.3 Å². The summed E-state index contributed by atoms with van der Waals surface area (Å²) in [5.74, 6) is 0.332. The summed E-state index contributed by atoms with van der Waals surface area (Å²) in [4.78, 5) is 21.8. The summed E-state index contributed by atoms with van der Waals surface area (Å²) < 4.78 is 0. The lowest BCUT2D eigenvalue weighted by atomic mass is 9.77.